The van der Waals surface area contributed by atoms with Crippen LogP contribution in [0.3, 0.4) is 0 Å². The Kier molecular flexibility index (Phi) is 5.01. The van der Waals surface area contributed by atoms with Crippen molar-refractivity contribution in [2.45, 2.75) is 12.6 Å². The molecule has 0 unspecified atom stereocenters. The van der Waals surface area contributed by atoms with Gasteiger partial charge in [-0.15, -0.1) is 0 Å². The van der Waals surface area contributed by atoms with Gasteiger partial charge in [0.25, 0.3) is 11.5 Å². The number of aromatic amines is 1. The molecule has 0 saturated carbocycles. The Hall–Kier alpha value is -4.01. The number of hydrogen-bond acceptors (Lipinski definition) is 6. The van der Waals surface area contributed by atoms with Crippen LogP contribution in [0.1, 0.15) is 5.56 Å². The van der Waals surface area contributed by atoms with Gasteiger partial charge in [-0.2, -0.15) is 0 Å². The highest BCUT2D eigenvalue weighted by molar-refractivity contribution is 5.98. The Balaban J connectivity index is 1.65. The number of hydrogen-bond donors (Lipinski definition) is 2. The van der Waals surface area contributed by atoms with Crippen LogP contribution in [0.4, 0.5) is 11.5 Å². The summed E-state index contributed by atoms with van der Waals surface area (Å²) in [5.74, 6) is 0.344. The topological polar surface area (TPSA) is 120 Å². The zero-order valence-electron chi connectivity index (χ0n) is 16.2. The van der Waals surface area contributed by atoms with Gasteiger partial charge in [-0.25, -0.2) is 4.79 Å². The summed E-state index contributed by atoms with van der Waals surface area (Å²) in [6.07, 6.45) is -0.960. The average Bonchev–Trinajstić information content (AvgIpc) is 2.76. The van der Waals surface area contributed by atoms with Crippen molar-refractivity contribution in [3.63, 3.8) is 0 Å². The Morgan fingerprint density at radius 3 is 2.53 bits per heavy atom. The molecule has 30 heavy (non-hydrogen) atoms. The number of benzene rings is 2. The van der Waals surface area contributed by atoms with Crippen molar-refractivity contribution >= 4 is 17.4 Å². The maximum Gasteiger partial charge on any atom is 0.330 e. The molecule has 1 aliphatic heterocycles. The molecule has 0 fully saturated rings. The molecule has 0 aliphatic carbocycles. The van der Waals surface area contributed by atoms with Gasteiger partial charge in [0.1, 0.15) is 12.4 Å². The van der Waals surface area contributed by atoms with E-state index in [2.05, 4.69) is 4.98 Å². The number of amides is 1. The average molecular weight is 408 g/mol. The number of para-hydroxylation sites is 2. The number of nitrogens with zero attached hydrogens (tertiary/aromatic N) is 2. The van der Waals surface area contributed by atoms with E-state index in [9.17, 15) is 14.4 Å². The molecule has 2 heterocycles. The number of H-pyrrole nitrogens is 1. The van der Waals surface area contributed by atoms with Crippen LogP contribution in [-0.4, -0.2) is 35.2 Å². The predicted octanol–water partition coefficient (Wildman–Crippen LogP) is 0.970. The molecule has 9 heteroatoms. The number of ether oxygens (including phenoxy) is 2. The number of rotatable bonds is 4. The van der Waals surface area contributed by atoms with Gasteiger partial charge in [0, 0.05) is 7.05 Å². The minimum Gasteiger partial charge on any atom is -0.485 e. The number of nitrogens with one attached hydrogen (secondary N) is 1. The van der Waals surface area contributed by atoms with Crippen LogP contribution in [0.15, 0.2) is 64.2 Å². The molecular weight excluding hydrogens is 388 g/mol. The normalized spacial score (nSPS) is 14.9. The van der Waals surface area contributed by atoms with Crippen LogP contribution in [0.25, 0.3) is 0 Å². The van der Waals surface area contributed by atoms with Crippen molar-refractivity contribution < 1.29 is 14.3 Å². The maximum atomic E-state index is 13.0. The highest BCUT2D eigenvalue weighted by atomic mass is 16.6. The molecule has 3 N–H and O–H groups in total. The summed E-state index contributed by atoms with van der Waals surface area (Å²) in [5, 5.41) is 0. The van der Waals surface area contributed by atoms with Gasteiger partial charge >= 0.3 is 5.69 Å². The highest BCUT2D eigenvalue weighted by Gasteiger charge is 2.32. The lowest BCUT2D eigenvalue weighted by Gasteiger charge is -2.29. The summed E-state index contributed by atoms with van der Waals surface area (Å²) in [6, 6.07) is 16.2. The van der Waals surface area contributed by atoms with E-state index in [-0.39, 0.29) is 24.7 Å². The lowest BCUT2D eigenvalue weighted by Crippen LogP contribution is -2.47. The van der Waals surface area contributed by atoms with Crippen molar-refractivity contribution in [1.29, 1.82) is 0 Å². The van der Waals surface area contributed by atoms with Crippen molar-refractivity contribution in [3.8, 4) is 11.5 Å². The lowest BCUT2D eigenvalue weighted by molar-refractivity contribution is -0.127. The standard InChI is InChI=1S/C21H20N4O5/c1-24(20(27)16-12-29-14-9-5-6-10-15(14)30-16)17-18(22)25(21(28)23-19(17)26)11-13-7-3-2-4-8-13/h2-10,16H,11-12,22H2,1H3,(H,23,26,28)/t16-/m0/s1. The number of nitrogen functional groups attached to an aromatic ring is 1. The van der Waals surface area contributed by atoms with Gasteiger partial charge < -0.3 is 20.1 Å². The molecule has 9 nitrogen and oxygen atoms in total. The number of nitrogens with two attached hydrogens (primary N) is 1. The van der Waals surface area contributed by atoms with Gasteiger partial charge in [0.2, 0.25) is 6.10 Å². The van der Waals surface area contributed by atoms with E-state index in [1.807, 2.05) is 30.3 Å². The Morgan fingerprint density at radius 2 is 1.80 bits per heavy atom. The highest BCUT2D eigenvalue weighted by Crippen LogP contribution is 2.31. The maximum absolute atomic E-state index is 13.0. The molecule has 0 radical (unpaired) electrons. The molecule has 1 amide bonds. The summed E-state index contributed by atoms with van der Waals surface area (Å²) >= 11 is 0. The van der Waals surface area contributed by atoms with Crippen LogP contribution in [0, 0.1) is 0 Å². The molecular formula is C21H20N4O5. The zero-order chi connectivity index (χ0) is 21.3. The van der Waals surface area contributed by atoms with Crippen LogP contribution in [0.2, 0.25) is 0 Å². The van der Waals surface area contributed by atoms with E-state index >= 15 is 0 Å². The fraction of sp³-hybridized carbons (Fsp3) is 0.190. The SMILES string of the molecule is CN(C(=O)[C@@H]1COc2ccccc2O1)c1c(N)n(Cc2ccccc2)c(=O)[nH]c1=O. The molecule has 3 aromatic rings. The van der Waals surface area contributed by atoms with Gasteiger partial charge in [-0.3, -0.25) is 19.1 Å². The van der Waals surface area contributed by atoms with Crippen molar-refractivity contribution in [2.75, 3.05) is 24.3 Å². The minimum absolute atomic E-state index is 0.0123. The summed E-state index contributed by atoms with van der Waals surface area (Å²) < 4.78 is 12.5. The Labute approximate surface area is 171 Å². The van der Waals surface area contributed by atoms with Crippen LogP contribution >= 0.6 is 0 Å². The largest absolute Gasteiger partial charge is 0.485 e. The van der Waals surface area contributed by atoms with E-state index in [4.69, 9.17) is 15.2 Å². The molecule has 4 rings (SSSR count). The van der Waals surface area contributed by atoms with E-state index in [0.29, 0.717) is 11.5 Å². The zero-order valence-corrected chi connectivity index (χ0v) is 16.2. The van der Waals surface area contributed by atoms with E-state index in [1.54, 1.807) is 24.3 Å². The third-order valence-electron chi connectivity index (χ3n) is 4.85. The summed E-state index contributed by atoms with van der Waals surface area (Å²) in [7, 11) is 1.41. The Bertz CT molecular complexity index is 1200. The van der Waals surface area contributed by atoms with Gasteiger partial charge in [-0.1, -0.05) is 42.5 Å². The summed E-state index contributed by atoms with van der Waals surface area (Å²) in [4.78, 5) is 41.1. The molecule has 0 spiro atoms. The second-order valence-corrected chi connectivity index (χ2v) is 6.83. The number of fused-ring (bicyclic) bond motifs is 1. The number of anilines is 2. The first kappa shape index (κ1) is 19.3. The monoisotopic (exact) mass is 408 g/mol. The number of carbonyl (C=O) groups excluding carboxylic acids is 1. The fourth-order valence-electron chi connectivity index (χ4n) is 3.29. The molecule has 1 atom stereocenters. The first-order valence-electron chi connectivity index (χ1n) is 9.28. The van der Waals surface area contributed by atoms with Crippen LogP contribution < -0.4 is 31.4 Å². The van der Waals surface area contributed by atoms with E-state index in [1.165, 1.54) is 11.6 Å². The summed E-state index contributed by atoms with van der Waals surface area (Å²) in [6.45, 7) is 0.134. The first-order chi connectivity index (χ1) is 14.5. The van der Waals surface area contributed by atoms with Crippen molar-refractivity contribution in [2.24, 2.45) is 0 Å². The minimum atomic E-state index is -0.960. The molecule has 1 aromatic heterocycles. The third-order valence-corrected chi connectivity index (χ3v) is 4.85. The van der Waals surface area contributed by atoms with E-state index < -0.39 is 23.3 Å². The number of carbonyl (C=O) groups is 1. The van der Waals surface area contributed by atoms with Crippen LogP contribution in [-0.2, 0) is 11.3 Å². The van der Waals surface area contributed by atoms with Gasteiger partial charge in [0.15, 0.2) is 17.2 Å². The van der Waals surface area contributed by atoms with Crippen molar-refractivity contribution in [1.82, 2.24) is 9.55 Å². The van der Waals surface area contributed by atoms with Crippen LogP contribution in [0.5, 0.6) is 11.5 Å². The molecule has 0 bridgehead atoms. The number of aromatic nitrogens is 2. The number of likely N-dealkylation sites (N-methyl/N-ethyl adjacent to an activating group) is 1. The first-order valence-corrected chi connectivity index (χ1v) is 9.28. The van der Waals surface area contributed by atoms with Gasteiger partial charge in [-0.05, 0) is 17.7 Å². The molecule has 154 valence electrons. The molecule has 1 aliphatic rings. The van der Waals surface area contributed by atoms with Crippen molar-refractivity contribution in [3.05, 3.63) is 81.0 Å². The Morgan fingerprint density at radius 1 is 1.13 bits per heavy atom. The second kappa shape index (κ2) is 7.78. The van der Waals surface area contributed by atoms with Gasteiger partial charge in [0.05, 0.1) is 6.54 Å². The van der Waals surface area contributed by atoms with E-state index in [0.717, 1.165) is 10.5 Å². The smallest absolute Gasteiger partial charge is 0.330 e. The predicted molar refractivity (Wildman–Crippen MR) is 111 cm³/mol. The fourth-order valence-corrected chi connectivity index (χ4v) is 3.29. The molecule has 2 aromatic carbocycles. The quantitative estimate of drug-likeness (QED) is 0.664. The second-order valence-electron chi connectivity index (χ2n) is 6.83. The summed E-state index contributed by atoms with van der Waals surface area (Å²) in [5.41, 5.74) is 5.44. The lowest BCUT2D eigenvalue weighted by atomic mass is 10.2. The molecule has 0 saturated heterocycles. The third kappa shape index (κ3) is 3.52.